The first-order chi connectivity index (χ1) is 16.3. The number of morpholine rings is 1. The van der Waals surface area contributed by atoms with E-state index in [1.807, 2.05) is 18.7 Å². The van der Waals surface area contributed by atoms with E-state index in [0.717, 1.165) is 45.6 Å². The van der Waals surface area contributed by atoms with Gasteiger partial charge in [-0.1, -0.05) is 25.4 Å². The van der Waals surface area contributed by atoms with Crippen molar-refractivity contribution in [1.29, 1.82) is 0 Å². The first kappa shape index (κ1) is 26.4. The number of halogens is 1. The van der Waals surface area contributed by atoms with Gasteiger partial charge in [0, 0.05) is 45.3 Å². The quantitative estimate of drug-likeness (QED) is 0.533. The minimum Gasteiger partial charge on any atom is -0.496 e. The lowest BCUT2D eigenvalue weighted by atomic mass is 9.96. The fourth-order valence-corrected chi connectivity index (χ4v) is 4.44. The van der Waals surface area contributed by atoms with E-state index in [0.29, 0.717) is 53.6 Å². The molecule has 1 aromatic rings. The van der Waals surface area contributed by atoms with Gasteiger partial charge in [-0.05, 0) is 30.7 Å². The molecule has 0 radical (unpaired) electrons. The zero-order valence-electron chi connectivity index (χ0n) is 20.3. The number of likely N-dealkylation sites (tertiary alicyclic amines) is 1. The van der Waals surface area contributed by atoms with E-state index in [9.17, 15) is 9.59 Å². The van der Waals surface area contributed by atoms with Gasteiger partial charge in [-0.25, -0.2) is 4.79 Å². The van der Waals surface area contributed by atoms with Gasteiger partial charge in [-0.3, -0.25) is 9.69 Å². The van der Waals surface area contributed by atoms with Crippen LogP contribution >= 0.6 is 11.6 Å². The summed E-state index contributed by atoms with van der Waals surface area (Å²) in [5.41, 5.74) is 6.50. The molecule has 0 aliphatic carbocycles. The minimum atomic E-state index is -0.281. The fraction of sp³-hybridized carbons (Fsp3) is 0.667. The van der Waals surface area contributed by atoms with Gasteiger partial charge in [0.15, 0.2) is 0 Å². The lowest BCUT2D eigenvalue weighted by molar-refractivity contribution is -0.0335. The normalized spacial score (nSPS) is 19.8. The molecule has 1 atom stereocenters. The summed E-state index contributed by atoms with van der Waals surface area (Å²) in [6.45, 7) is 9.58. The van der Waals surface area contributed by atoms with E-state index in [4.69, 9.17) is 31.5 Å². The molecule has 0 bridgehead atoms. The minimum absolute atomic E-state index is 0.0981. The highest BCUT2D eigenvalue weighted by Crippen LogP contribution is 2.28. The Morgan fingerprint density at radius 2 is 2.00 bits per heavy atom. The van der Waals surface area contributed by atoms with E-state index < -0.39 is 0 Å². The number of nitrogens with two attached hydrogens (primary N) is 1. The van der Waals surface area contributed by atoms with E-state index in [1.165, 1.54) is 13.2 Å². The Kier molecular flexibility index (Phi) is 9.67. The zero-order valence-corrected chi connectivity index (χ0v) is 21.1. The molecule has 9 nitrogen and oxygen atoms in total. The average molecular weight is 497 g/mol. The van der Waals surface area contributed by atoms with Crippen LogP contribution in [0.15, 0.2) is 12.1 Å². The van der Waals surface area contributed by atoms with Crippen molar-refractivity contribution in [2.75, 3.05) is 65.3 Å². The molecule has 2 saturated heterocycles. The van der Waals surface area contributed by atoms with Gasteiger partial charge in [0.1, 0.15) is 5.75 Å². The van der Waals surface area contributed by atoms with Gasteiger partial charge >= 0.3 is 6.09 Å². The summed E-state index contributed by atoms with van der Waals surface area (Å²) in [6.07, 6.45) is 1.63. The number of rotatable bonds is 8. The second-order valence-corrected chi connectivity index (χ2v) is 9.84. The summed E-state index contributed by atoms with van der Waals surface area (Å²) < 4.78 is 16.5. The molecule has 3 rings (SSSR count). The molecule has 10 heteroatoms. The first-order valence-corrected chi connectivity index (χ1v) is 12.3. The van der Waals surface area contributed by atoms with Crippen LogP contribution in [0.1, 0.15) is 37.0 Å². The molecule has 3 N–H and O–H groups in total. The second-order valence-electron chi connectivity index (χ2n) is 9.44. The largest absolute Gasteiger partial charge is 0.496 e. The molecule has 190 valence electrons. The van der Waals surface area contributed by atoms with E-state index in [1.54, 1.807) is 6.07 Å². The van der Waals surface area contributed by atoms with Crippen LogP contribution in [0, 0.1) is 11.8 Å². The maximum Gasteiger partial charge on any atom is 0.409 e. The fourth-order valence-electron chi connectivity index (χ4n) is 4.28. The van der Waals surface area contributed by atoms with E-state index >= 15 is 0 Å². The third kappa shape index (κ3) is 7.38. The van der Waals surface area contributed by atoms with Crippen LogP contribution in [0.25, 0.3) is 0 Å². The molecule has 2 amide bonds. The summed E-state index contributed by atoms with van der Waals surface area (Å²) in [6, 6.07) is 3.06. The number of hydrogen-bond donors (Lipinski definition) is 2. The Hall–Kier alpha value is -2.23. The Morgan fingerprint density at radius 3 is 2.68 bits per heavy atom. The van der Waals surface area contributed by atoms with Crippen LogP contribution in [0.3, 0.4) is 0 Å². The SMILES string of the molecule is COc1cc(N)c(Cl)cc1C(=O)NCC1CN(CC2CCN(C(=O)OCC(C)C)CC2)CCO1. The van der Waals surface area contributed by atoms with Crippen molar-refractivity contribution in [3.8, 4) is 5.75 Å². The van der Waals surface area contributed by atoms with Gasteiger partial charge in [0.2, 0.25) is 0 Å². The maximum absolute atomic E-state index is 12.7. The monoisotopic (exact) mass is 496 g/mol. The maximum atomic E-state index is 12.7. The number of benzene rings is 1. The number of hydrogen-bond acceptors (Lipinski definition) is 7. The zero-order chi connectivity index (χ0) is 24.7. The van der Waals surface area contributed by atoms with Gasteiger partial charge in [-0.15, -0.1) is 0 Å². The molecular formula is C24H37ClN4O5. The Morgan fingerprint density at radius 1 is 1.26 bits per heavy atom. The number of anilines is 1. The topological polar surface area (TPSA) is 106 Å². The number of carbonyl (C=O) groups is 2. The molecule has 2 heterocycles. The number of methoxy groups -OCH3 is 1. The Bertz CT molecular complexity index is 845. The van der Waals surface area contributed by atoms with Gasteiger partial charge in [-0.2, -0.15) is 0 Å². The van der Waals surface area contributed by atoms with Gasteiger partial charge in [0.05, 0.1) is 42.7 Å². The summed E-state index contributed by atoms with van der Waals surface area (Å²) >= 11 is 6.08. The number of nitrogens with one attached hydrogen (secondary N) is 1. The average Bonchev–Trinajstić information content (AvgIpc) is 2.83. The molecule has 2 fully saturated rings. The highest BCUT2D eigenvalue weighted by atomic mass is 35.5. The third-order valence-corrected chi connectivity index (χ3v) is 6.53. The number of nitrogens with zero attached hydrogens (tertiary/aromatic N) is 2. The molecule has 2 aliphatic rings. The van der Waals surface area contributed by atoms with Crippen LogP contribution in [0.5, 0.6) is 5.75 Å². The molecular weight excluding hydrogens is 460 g/mol. The summed E-state index contributed by atoms with van der Waals surface area (Å²) in [4.78, 5) is 29.1. The standard InChI is InChI=1S/C24H37ClN4O5/c1-16(2)15-34-24(31)29-6-4-17(5-7-29)13-28-8-9-33-18(14-28)12-27-23(30)19-10-20(25)21(26)11-22(19)32-3/h10-11,16-18H,4-9,12-15,26H2,1-3H3,(H,27,30). The number of amides is 2. The number of nitrogen functional groups attached to an aromatic ring is 1. The second kappa shape index (κ2) is 12.5. The predicted octanol–water partition coefficient (Wildman–Crippen LogP) is 2.87. The van der Waals surface area contributed by atoms with Crippen LogP contribution < -0.4 is 15.8 Å². The van der Waals surface area contributed by atoms with Crippen LogP contribution in [0.4, 0.5) is 10.5 Å². The van der Waals surface area contributed by atoms with Gasteiger partial charge < -0.3 is 30.2 Å². The molecule has 0 aromatic heterocycles. The van der Waals surface area contributed by atoms with Gasteiger partial charge in [0.25, 0.3) is 5.91 Å². The lowest BCUT2D eigenvalue weighted by Crippen LogP contribution is -2.50. The van der Waals surface area contributed by atoms with E-state index in [2.05, 4.69) is 10.2 Å². The van der Waals surface area contributed by atoms with Crippen molar-refractivity contribution >= 4 is 29.3 Å². The molecule has 1 aromatic carbocycles. The van der Waals surface area contributed by atoms with Crippen molar-refractivity contribution in [1.82, 2.24) is 15.1 Å². The first-order valence-electron chi connectivity index (χ1n) is 11.9. The molecule has 0 spiro atoms. The van der Waals surface area contributed by atoms with Crippen molar-refractivity contribution in [3.63, 3.8) is 0 Å². The smallest absolute Gasteiger partial charge is 0.409 e. The van der Waals surface area contributed by atoms with Crippen LogP contribution in [0.2, 0.25) is 5.02 Å². The Balaban J connectivity index is 1.42. The Labute approximate surface area is 206 Å². The number of carbonyl (C=O) groups excluding carboxylic acids is 2. The number of ether oxygens (including phenoxy) is 3. The van der Waals surface area contributed by atoms with Crippen molar-refractivity contribution in [2.45, 2.75) is 32.8 Å². The van der Waals surface area contributed by atoms with Crippen molar-refractivity contribution in [3.05, 3.63) is 22.7 Å². The molecule has 34 heavy (non-hydrogen) atoms. The predicted molar refractivity (Wildman–Crippen MR) is 131 cm³/mol. The summed E-state index contributed by atoms with van der Waals surface area (Å²) in [5, 5.41) is 3.23. The van der Waals surface area contributed by atoms with Crippen molar-refractivity contribution in [2.24, 2.45) is 11.8 Å². The highest BCUT2D eigenvalue weighted by Gasteiger charge is 2.28. The van der Waals surface area contributed by atoms with E-state index in [-0.39, 0.29) is 18.1 Å². The molecule has 0 saturated carbocycles. The molecule has 2 aliphatic heterocycles. The van der Waals surface area contributed by atoms with Crippen LogP contribution in [-0.4, -0.2) is 87.5 Å². The summed E-state index contributed by atoms with van der Waals surface area (Å²) in [5.74, 6) is 0.969. The summed E-state index contributed by atoms with van der Waals surface area (Å²) in [7, 11) is 1.49. The van der Waals surface area contributed by atoms with Crippen LogP contribution in [-0.2, 0) is 9.47 Å². The molecule has 1 unspecified atom stereocenters. The highest BCUT2D eigenvalue weighted by molar-refractivity contribution is 6.33. The third-order valence-electron chi connectivity index (χ3n) is 6.21. The number of piperidine rings is 1. The lowest BCUT2D eigenvalue weighted by Gasteiger charge is -2.38. The van der Waals surface area contributed by atoms with Crippen molar-refractivity contribution < 1.29 is 23.8 Å².